The Morgan fingerprint density at radius 2 is 1.81 bits per heavy atom. The van der Waals surface area contributed by atoms with Crippen LogP contribution in [0.4, 0.5) is 5.69 Å². The summed E-state index contributed by atoms with van der Waals surface area (Å²) in [5, 5.41) is 0. The third kappa shape index (κ3) is 3.94. The van der Waals surface area contributed by atoms with Crippen molar-refractivity contribution in [2.45, 2.75) is 6.42 Å². The molecule has 0 N–H and O–H groups in total. The SMILES string of the molecule is COC(=O)[C@H]1CC(=O)N(c2ccc(/C=C/c3cccc(OC)c3)cc2)C1. The molecule has 1 aliphatic rings. The number of rotatable bonds is 5. The van der Waals surface area contributed by atoms with Gasteiger partial charge in [0.05, 0.1) is 20.1 Å². The number of esters is 1. The highest BCUT2D eigenvalue weighted by Gasteiger charge is 2.35. The van der Waals surface area contributed by atoms with Gasteiger partial charge >= 0.3 is 5.97 Å². The largest absolute Gasteiger partial charge is 0.497 e. The number of hydrogen-bond acceptors (Lipinski definition) is 4. The normalized spacial score (nSPS) is 16.9. The van der Waals surface area contributed by atoms with E-state index in [1.165, 1.54) is 7.11 Å². The predicted molar refractivity (Wildman–Crippen MR) is 101 cm³/mol. The summed E-state index contributed by atoms with van der Waals surface area (Å²) < 4.78 is 9.96. The average molecular weight is 351 g/mol. The molecule has 0 unspecified atom stereocenters. The Morgan fingerprint density at radius 1 is 1.08 bits per heavy atom. The van der Waals surface area contributed by atoms with Gasteiger partial charge in [-0.2, -0.15) is 0 Å². The van der Waals surface area contributed by atoms with Gasteiger partial charge in [-0.1, -0.05) is 36.4 Å². The van der Waals surface area contributed by atoms with Gasteiger partial charge in [0.15, 0.2) is 0 Å². The first-order valence-electron chi connectivity index (χ1n) is 8.41. The van der Waals surface area contributed by atoms with E-state index in [0.717, 1.165) is 22.6 Å². The smallest absolute Gasteiger partial charge is 0.311 e. The highest BCUT2D eigenvalue weighted by atomic mass is 16.5. The Hall–Kier alpha value is -3.08. The second-order valence-electron chi connectivity index (χ2n) is 6.13. The quantitative estimate of drug-likeness (QED) is 0.612. The van der Waals surface area contributed by atoms with Crippen molar-refractivity contribution in [3.63, 3.8) is 0 Å². The lowest BCUT2D eigenvalue weighted by Crippen LogP contribution is -2.26. The molecule has 0 bridgehead atoms. The number of anilines is 1. The molecule has 0 radical (unpaired) electrons. The average Bonchev–Trinajstić information content (AvgIpc) is 3.08. The van der Waals surface area contributed by atoms with Crippen LogP contribution in [0.5, 0.6) is 5.75 Å². The lowest BCUT2D eigenvalue weighted by Gasteiger charge is -2.16. The standard InChI is InChI=1S/C21H21NO4/c1-25-19-5-3-4-16(12-19)7-6-15-8-10-18(11-9-15)22-14-17(13-20(22)23)21(24)26-2/h3-12,17H,13-14H2,1-2H3/b7-6+/t17-/m0/s1. The number of carbonyl (C=O) groups is 2. The van der Waals surface area contributed by atoms with Crippen molar-refractivity contribution >= 4 is 29.7 Å². The zero-order valence-electron chi connectivity index (χ0n) is 14.8. The maximum atomic E-state index is 12.2. The fraction of sp³-hybridized carbons (Fsp3) is 0.238. The van der Waals surface area contributed by atoms with Crippen molar-refractivity contribution in [2.75, 3.05) is 25.7 Å². The maximum Gasteiger partial charge on any atom is 0.311 e. The number of nitrogens with zero attached hydrogens (tertiary/aromatic N) is 1. The molecular weight excluding hydrogens is 330 g/mol. The van der Waals surface area contributed by atoms with Gasteiger partial charge in [0.1, 0.15) is 5.75 Å². The van der Waals surface area contributed by atoms with Crippen molar-refractivity contribution in [1.82, 2.24) is 0 Å². The van der Waals surface area contributed by atoms with E-state index in [1.54, 1.807) is 12.0 Å². The van der Waals surface area contributed by atoms with Gasteiger partial charge in [-0.05, 0) is 35.4 Å². The molecule has 0 aromatic heterocycles. The molecule has 134 valence electrons. The molecule has 1 saturated heterocycles. The van der Waals surface area contributed by atoms with E-state index in [1.807, 2.05) is 60.7 Å². The first-order valence-corrected chi connectivity index (χ1v) is 8.41. The zero-order valence-corrected chi connectivity index (χ0v) is 14.8. The van der Waals surface area contributed by atoms with Crippen molar-refractivity contribution < 1.29 is 19.1 Å². The molecule has 0 spiro atoms. The minimum Gasteiger partial charge on any atom is -0.497 e. The molecule has 1 aliphatic heterocycles. The van der Waals surface area contributed by atoms with Gasteiger partial charge in [-0.25, -0.2) is 0 Å². The van der Waals surface area contributed by atoms with Crippen molar-refractivity contribution in [2.24, 2.45) is 5.92 Å². The Labute approximate surface area is 152 Å². The van der Waals surface area contributed by atoms with Gasteiger partial charge in [0.2, 0.25) is 5.91 Å². The van der Waals surface area contributed by atoms with E-state index < -0.39 is 0 Å². The lowest BCUT2D eigenvalue weighted by molar-refractivity contribution is -0.145. The first kappa shape index (κ1) is 17.7. The van der Waals surface area contributed by atoms with Crippen LogP contribution in [0.1, 0.15) is 17.5 Å². The number of carbonyl (C=O) groups excluding carboxylic acids is 2. The molecular formula is C21H21NO4. The molecule has 0 saturated carbocycles. The fourth-order valence-electron chi connectivity index (χ4n) is 2.98. The number of methoxy groups -OCH3 is 2. The van der Waals surface area contributed by atoms with E-state index in [9.17, 15) is 9.59 Å². The van der Waals surface area contributed by atoms with Crippen molar-refractivity contribution in [3.8, 4) is 5.75 Å². The molecule has 1 fully saturated rings. The number of amides is 1. The summed E-state index contributed by atoms with van der Waals surface area (Å²) in [7, 11) is 2.99. The number of hydrogen-bond donors (Lipinski definition) is 0. The van der Waals surface area contributed by atoms with Gasteiger partial charge < -0.3 is 14.4 Å². The van der Waals surface area contributed by atoms with Gasteiger partial charge in [0.25, 0.3) is 0 Å². The summed E-state index contributed by atoms with van der Waals surface area (Å²) in [6.07, 6.45) is 4.21. The van der Waals surface area contributed by atoms with Gasteiger partial charge in [0, 0.05) is 18.7 Å². The predicted octanol–water partition coefficient (Wildman–Crippen LogP) is 3.39. The first-order chi connectivity index (χ1) is 12.6. The Morgan fingerprint density at radius 3 is 2.50 bits per heavy atom. The lowest BCUT2D eigenvalue weighted by atomic mass is 10.1. The molecule has 5 heteroatoms. The van der Waals surface area contributed by atoms with E-state index in [2.05, 4.69) is 0 Å². The Kier molecular flexibility index (Phi) is 5.37. The molecule has 1 heterocycles. The van der Waals surface area contributed by atoms with Crippen LogP contribution in [-0.2, 0) is 14.3 Å². The summed E-state index contributed by atoms with van der Waals surface area (Å²) in [5.41, 5.74) is 2.86. The molecule has 1 amide bonds. The minimum absolute atomic E-state index is 0.0555. The molecule has 26 heavy (non-hydrogen) atoms. The fourth-order valence-corrected chi connectivity index (χ4v) is 2.98. The van der Waals surface area contributed by atoms with Crippen LogP contribution in [0.15, 0.2) is 48.5 Å². The third-order valence-electron chi connectivity index (χ3n) is 4.43. The maximum absolute atomic E-state index is 12.2. The van der Waals surface area contributed by atoms with Crippen molar-refractivity contribution in [1.29, 1.82) is 0 Å². The minimum atomic E-state index is -0.389. The second kappa shape index (κ2) is 7.87. The Bertz CT molecular complexity index is 826. The molecule has 1 atom stereocenters. The van der Waals surface area contributed by atoms with Crippen LogP contribution < -0.4 is 9.64 Å². The highest BCUT2D eigenvalue weighted by molar-refractivity contribution is 5.99. The van der Waals surface area contributed by atoms with E-state index >= 15 is 0 Å². The highest BCUT2D eigenvalue weighted by Crippen LogP contribution is 2.26. The van der Waals surface area contributed by atoms with Crippen LogP contribution in [0, 0.1) is 5.92 Å². The third-order valence-corrected chi connectivity index (χ3v) is 4.43. The topological polar surface area (TPSA) is 55.8 Å². The number of ether oxygens (including phenoxy) is 2. The summed E-state index contributed by atoms with van der Waals surface area (Å²) in [6.45, 7) is 0.366. The van der Waals surface area contributed by atoms with Crippen LogP contribution in [0.25, 0.3) is 12.2 Å². The summed E-state index contributed by atoms with van der Waals surface area (Å²) >= 11 is 0. The zero-order chi connectivity index (χ0) is 18.5. The van der Waals surface area contributed by atoms with E-state index in [0.29, 0.717) is 6.54 Å². The second-order valence-corrected chi connectivity index (χ2v) is 6.13. The monoisotopic (exact) mass is 351 g/mol. The van der Waals surface area contributed by atoms with Gasteiger partial charge in [-0.15, -0.1) is 0 Å². The summed E-state index contributed by atoms with van der Waals surface area (Å²) in [5.74, 6) is 0.0362. The molecule has 2 aromatic rings. The van der Waals surface area contributed by atoms with Crippen LogP contribution in [0.2, 0.25) is 0 Å². The molecule has 2 aromatic carbocycles. The van der Waals surface area contributed by atoms with Crippen molar-refractivity contribution in [3.05, 3.63) is 59.7 Å². The van der Waals surface area contributed by atoms with Gasteiger partial charge in [-0.3, -0.25) is 9.59 Å². The molecule has 0 aliphatic carbocycles. The molecule has 5 nitrogen and oxygen atoms in total. The van der Waals surface area contributed by atoms with Crippen LogP contribution in [0.3, 0.4) is 0 Å². The van der Waals surface area contributed by atoms with E-state index in [4.69, 9.17) is 9.47 Å². The van der Waals surface area contributed by atoms with Crippen LogP contribution >= 0.6 is 0 Å². The number of benzene rings is 2. The van der Waals surface area contributed by atoms with Crippen LogP contribution in [-0.4, -0.2) is 32.6 Å². The summed E-state index contributed by atoms with van der Waals surface area (Å²) in [4.78, 5) is 25.4. The Balaban J connectivity index is 1.69. The molecule has 3 rings (SSSR count). The van der Waals surface area contributed by atoms with E-state index in [-0.39, 0.29) is 24.2 Å². The summed E-state index contributed by atoms with van der Waals surface area (Å²) in [6, 6.07) is 15.5.